The van der Waals surface area contributed by atoms with E-state index < -0.39 is 0 Å². The first-order chi connectivity index (χ1) is 9.13. The van der Waals surface area contributed by atoms with Gasteiger partial charge in [-0.2, -0.15) is 0 Å². The van der Waals surface area contributed by atoms with E-state index in [9.17, 15) is 0 Å². The quantitative estimate of drug-likeness (QED) is 0.709. The summed E-state index contributed by atoms with van der Waals surface area (Å²) < 4.78 is 5.46. The highest BCUT2D eigenvalue weighted by atomic mass is 35.5. The Bertz CT molecular complexity index is 396. The average molecular weight is 304 g/mol. The lowest BCUT2D eigenvalue weighted by Crippen LogP contribution is -2.22. The Balaban J connectivity index is 2.98. The Kier molecular flexibility index (Phi) is 7.59. The van der Waals surface area contributed by atoms with Crippen molar-refractivity contribution in [1.82, 2.24) is 5.32 Å². The molecule has 0 aliphatic carbocycles. The number of hydrogen-bond acceptors (Lipinski definition) is 2. The Morgan fingerprint density at radius 1 is 1.11 bits per heavy atom. The minimum atomic E-state index is 0.255. The second-order valence-corrected chi connectivity index (χ2v) is 5.35. The Morgan fingerprint density at radius 2 is 1.84 bits per heavy atom. The Labute approximate surface area is 126 Å². The Morgan fingerprint density at radius 3 is 2.42 bits per heavy atom. The van der Waals surface area contributed by atoms with Crippen LogP contribution in [0.25, 0.3) is 0 Å². The molecular formula is C15H23Cl2NO. The zero-order valence-electron chi connectivity index (χ0n) is 11.9. The first-order valence-electron chi connectivity index (χ1n) is 6.99. The van der Waals surface area contributed by atoms with Gasteiger partial charge < -0.3 is 10.1 Å². The van der Waals surface area contributed by atoms with E-state index in [1.54, 1.807) is 0 Å². The molecule has 0 saturated heterocycles. The van der Waals surface area contributed by atoms with Crippen LogP contribution in [0.15, 0.2) is 12.1 Å². The fourth-order valence-corrected chi connectivity index (χ4v) is 2.56. The molecule has 1 N–H and O–H groups in total. The van der Waals surface area contributed by atoms with Gasteiger partial charge in [0.05, 0.1) is 11.6 Å². The van der Waals surface area contributed by atoms with E-state index in [1.165, 1.54) is 0 Å². The van der Waals surface area contributed by atoms with Crippen LogP contribution in [0.3, 0.4) is 0 Å². The number of rotatable bonds is 8. The number of halogens is 2. The Hall–Kier alpha value is -0.440. The largest absolute Gasteiger partial charge is 0.492 e. The van der Waals surface area contributed by atoms with E-state index >= 15 is 0 Å². The van der Waals surface area contributed by atoms with Gasteiger partial charge >= 0.3 is 0 Å². The number of nitrogens with one attached hydrogen (secondary N) is 1. The van der Waals surface area contributed by atoms with Crippen molar-refractivity contribution in [3.05, 3.63) is 27.7 Å². The smallest absolute Gasteiger partial charge is 0.139 e. The van der Waals surface area contributed by atoms with Crippen molar-refractivity contribution < 1.29 is 4.74 Å². The van der Waals surface area contributed by atoms with E-state index in [0.717, 1.165) is 36.4 Å². The van der Waals surface area contributed by atoms with Crippen LogP contribution in [-0.2, 0) is 0 Å². The van der Waals surface area contributed by atoms with Crippen molar-refractivity contribution in [3.63, 3.8) is 0 Å². The maximum absolute atomic E-state index is 6.37. The van der Waals surface area contributed by atoms with Crippen LogP contribution in [0.5, 0.6) is 5.75 Å². The molecule has 1 unspecified atom stereocenters. The lowest BCUT2D eigenvalue weighted by molar-refractivity contribution is 0.340. The first-order valence-corrected chi connectivity index (χ1v) is 7.74. The summed E-state index contributed by atoms with van der Waals surface area (Å²) in [6.45, 7) is 7.82. The SMILES string of the molecule is CCCNC(CCC)c1cc(Cl)c(OCC)cc1Cl. The van der Waals surface area contributed by atoms with E-state index in [-0.39, 0.29) is 6.04 Å². The van der Waals surface area contributed by atoms with Crippen LogP contribution >= 0.6 is 23.2 Å². The van der Waals surface area contributed by atoms with Crippen molar-refractivity contribution in [2.75, 3.05) is 13.2 Å². The van der Waals surface area contributed by atoms with Gasteiger partial charge in [0.2, 0.25) is 0 Å². The van der Waals surface area contributed by atoms with Crippen LogP contribution < -0.4 is 10.1 Å². The minimum absolute atomic E-state index is 0.255. The predicted octanol–water partition coefficient (Wildman–Crippen LogP) is 5.23. The zero-order valence-corrected chi connectivity index (χ0v) is 13.4. The van der Waals surface area contributed by atoms with Gasteiger partial charge in [-0.05, 0) is 37.9 Å². The second kappa shape index (κ2) is 8.68. The van der Waals surface area contributed by atoms with Gasteiger partial charge in [0, 0.05) is 17.1 Å². The van der Waals surface area contributed by atoms with Crippen LogP contribution in [0.2, 0.25) is 10.0 Å². The highest BCUT2D eigenvalue weighted by Crippen LogP contribution is 2.35. The topological polar surface area (TPSA) is 21.3 Å². The van der Waals surface area contributed by atoms with Crippen molar-refractivity contribution in [2.24, 2.45) is 0 Å². The monoisotopic (exact) mass is 303 g/mol. The van der Waals surface area contributed by atoms with Gasteiger partial charge in [-0.1, -0.05) is 43.5 Å². The summed E-state index contributed by atoms with van der Waals surface area (Å²) in [5, 5.41) is 4.87. The molecule has 0 fully saturated rings. The molecule has 0 aromatic heterocycles. The summed E-state index contributed by atoms with van der Waals surface area (Å²) in [5.41, 5.74) is 1.06. The summed E-state index contributed by atoms with van der Waals surface area (Å²) in [5.74, 6) is 0.656. The summed E-state index contributed by atoms with van der Waals surface area (Å²) in [7, 11) is 0. The molecule has 0 aliphatic heterocycles. The molecule has 1 aromatic rings. The van der Waals surface area contributed by atoms with Crippen LogP contribution in [0.4, 0.5) is 0 Å². The van der Waals surface area contributed by atoms with Gasteiger partial charge in [0.15, 0.2) is 0 Å². The molecule has 1 rings (SSSR count). The molecule has 0 radical (unpaired) electrons. The van der Waals surface area contributed by atoms with Gasteiger partial charge in [-0.3, -0.25) is 0 Å². The van der Waals surface area contributed by atoms with Crippen LogP contribution in [-0.4, -0.2) is 13.2 Å². The zero-order chi connectivity index (χ0) is 14.3. The fraction of sp³-hybridized carbons (Fsp3) is 0.600. The number of hydrogen-bond donors (Lipinski definition) is 1. The maximum atomic E-state index is 6.37. The molecule has 108 valence electrons. The molecule has 0 saturated carbocycles. The molecular weight excluding hydrogens is 281 g/mol. The molecule has 2 nitrogen and oxygen atoms in total. The van der Waals surface area contributed by atoms with Crippen molar-refractivity contribution in [2.45, 2.75) is 46.1 Å². The second-order valence-electron chi connectivity index (χ2n) is 4.53. The van der Waals surface area contributed by atoms with Gasteiger partial charge in [-0.25, -0.2) is 0 Å². The van der Waals surface area contributed by atoms with Gasteiger partial charge in [0.1, 0.15) is 5.75 Å². The summed E-state index contributed by atoms with van der Waals surface area (Å²) in [4.78, 5) is 0. The standard InChI is InChI=1S/C15H23Cl2NO/c1-4-7-14(18-8-5-2)11-9-13(17)15(19-6-3)10-12(11)16/h9-10,14,18H,4-8H2,1-3H3. The fourth-order valence-electron chi connectivity index (χ4n) is 2.05. The summed E-state index contributed by atoms with van der Waals surface area (Å²) in [6, 6.07) is 4.00. The minimum Gasteiger partial charge on any atom is -0.492 e. The van der Waals surface area contributed by atoms with Gasteiger partial charge in [-0.15, -0.1) is 0 Å². The van der Waals surface area contributed by atoms with Crippen molar-refractivity contribution in [3.8, 4) is 5.75 Å². The number of ether oxygens (including phenoxy) is 1. The lowest BCUT2D eigenvalue weighted by atomic mass is 10.0. The van der Waals surface area contributed by atoms with E-state index in [2.05, 4.69) is 19.2 Å². The molecule has 0 amide bonds. The third-order valence-electron chi connectivity index (χ3n) is 2.94. The molecule has 19 heavy (non-hydrogen) atoms. The normalized spacial score (nSPS) is 12.5. The molecule has 0 bridgehead atoms. The van der Waals surface area contributed by atoms with Crippen molar-refractivity contribution >= 4 is 23.2 Å². The van der Waals surface area contributed by atoms with E-state index in [4.69, 9.17) is 27.9 Å². The molecule has 1 aromatic carbocycles. The number of benzene rings is 1. The highest BCUT2D eigenvalue weighted by molar-refractivity contribution is 6.34. The molecule has 0 heterocycles. The first kappa shape index (κ1) is 16.6. The average Bonchev–Trinajstić information content (AvgIpc) is 2.39. The van der Waals surface area contributed by atoms with Crippen molar-refractivity contribution in [1.29, 1.82) is 0 Å². The van der Waals surface area contributed by atoms with E-state index in [0.29, 0.717) is 17.4 Å². The van der Waals surface area contributed by atoms with Crippen LogP contribution in [0, 0.1) is 0 Å². The summed E-state index contributed by atoms with van der Waals surface area (Å²) in [6.07, 6.45) is 3.25. The lowest BCUT2D eigenvalue weighted by Gasteiger charge is -2.20. The molecule has 1 atom stereocenters. The third kappa shape index (κ3) is 4.87. The molecule has 0 spiro atoms. The predicted molar refractivity (Wildman–Crippen MR) is 83.6 cm³/mol. The summed E-state index contributed by atoms with van der Waals surface area (Å²) >= 11 is 12.6. The maximum Gasteiger partial charge on any atom is 0.139 e. The third-order valence-corrected chi connectivity index (χ3v) is 3.57. The van der Waals surface area contributed by atoms with E-state index in [1.807, 2.05) is 19.1 Å². The molecule has 4 heteroatoms. The van der Waals surface area contributed by atoms with Crippen LogP contribution in [0.1, 0.15) is 51.6 Å². The molecule has 0 aliphatic rings. The highest BCUT2D eigenvalue weighted by Gasteiger charge is 2.16. The van der Waals surface area contributed by atoms with Gasteiger partial charge in [0.25, 0.3) is 0 Å².